The van der Waals surface area contributed by atoms with E-state index in [1.807, 2.05) is 13.8 Å². The molecule has 0 amide bonds. The predicted molar refractivity (Wildman–Crippen MR) is 68.4 cm³/mol. The fourth-order valence-electron chi connectivity index (χ4n) is 1.64. The smallest absolute Gasteiger partial charge is 0.0480 e. The Morgan fingerprint density at radius 2 is 1.73 bits per heavy atom. The second-order valence-corrected chi connectivity index (χ2v) is 3.90. The molecule has 0 aliphatic rings. The maximum Gasteiger partial charge on any atom is 0.0480 e. The van der Waals surface area contributed by atoms with Crippen LogP contribution in [-0.2, 0) is 7.05 Å². The lowest BCUT2D eigenvalue weighted by atomic mass is 10.0. The Kier molecular flexibility index (Phi) is 3.96. The van der Waals surface area contributed by atoms with E-state index >= 15 is 0 Å². The van der Waals surface area contributed by atoms with Gasteiger partial charge in [-0.1, -0.05) is 39.8 Å². The summed E-state index contributed by atoms with van der Waals surface area (Å²) in [5.74, 6) is 0.610. The van der Waals surface area contributed by atoms with Gasteiger partial charge >= 0.3 is 0 Å². The Labute approximate surface area is 92.7 Å². The molecule has 1 heterocycles. The van der Waals surface area contributed by atoms with Crippen LogP contribution in [0.2, 0.25) is 0 Å². The minimum absolute atomic E-state index is 0.610. The van der Waals surface area contributed by atoms with Crippen LogP contribution in [0.5, 0.6) is 0 Å². The topological polar surface area (TPSA) is 4.93 Å². The van der Waals surface area contributed by atoms with Crippen molar-refractivity contribution in [3.63, 3.8) is 0 Å². The van der Waals surface area contributed by atoms with Gasteiger partial charge in [-0.3, -0.25) is 0 Å². The Morgan fingerprint density at radius 3 is 2.33 bits per heavy atom. The van der Waals surface area contributed by atoms with Crippen molar-refractivity contribution in [1.82, 2.24) is 4.57 Å². The van der Waals surface area contributed by atoms with Gasteiger partial charge in [0.05, 0.1) is 0 Å². The molecule has 1 heteroatoms. The van der Waals surface area contributed by atoms with E-state index < -0.39 is 0 Å². The number of nitrogens with zero attached hydrogens (tertiary/aromatic N) is 1. The molecule has 0 saturated carbocycles. The number of fused-ring (bicyclic) bond motifs is 1. The molecule has 1 aromatic heterocycles. The zero-order valence-corrected chi connectivity index (χ0v) is 10.4. The number of aromatic nitrogens is 1. The lowest BCUT2D eigenvalue weighted by Crippen LogP contribution is -1.89. The first-order chi connectivity index (χ1) is 7.18. The number of hydrogen-bond donors (Lipinski definition) is 0. The zero-order valence-electron chi connectivity index (χ0n) is 10.4. The van der Waals surface area contributed by atoms with Gasteiger partial charge in [-0.05, 0) is 29.0 Å². The van der Waals surface area contributed by atoms with Crippen molar-refractivity contribution >= 4 is 10.9 Å². The van der Waals surface area contributed by atoms with Gasteiger partial charge in [-0.25, -0.2) is 0 Å². The molecule has 0 N–H and O–H groups in total. The van der Waals surface area contributed by atoms with Crippen LogP contribution >= 0.6 is 0 Å². The highest BCUT2D eigenvalue weighted by molar-refractivity contribution is 5.80. The number of benzene rings is 1. The molecule has 1 nitrogen and oxygen atoms in total. The highest BCUT2D eigenvalue weighted by atomic mass is 14.9. The molecule has 0 unspecified atom stereocenters. The first-order valence-electron chi connectivity index (χ1n) is 5.73. The van der Waals surface area contributed by atoms with Gasteiger partial charge in [-0.15, -0.1) is 0 Å². The quantitative estimate of drug-likeness (QED) is 0.650. The number of aryl methyl sites for hydroxylation is 1. The highest BCUT2D eigenvalue weighted by Crippen LogP contribution is 2.21. The molecule has 15 heavy (non-hydrogen) atoms. The van der Waals surface area contributed by atoms with Crippen molar-refractivity contribution in [3.05, 3.63) is 36.0 Å². The predicted octanol–water partition coefficient (Wildman–Crippen LogP) is 4.33. The first-order valence-corrected chi connectivity index (χ1v) is 5.73. The van der Waals surface area contributed by atoms with Gasteiger partial charge in [0.25, 0.3) is 0 Å². The SMILES string of the molecule is CC.CC(C)c1ccc2ccn(C)c2c1. The fourth-order valence-corrected chi connectivity index (χ4v) is 1.64. The van der Waals surface area contributed by atoms with Crippen LogP contribution in [0.1, 0.15) is 39.2 Å². The normalized spacial score (nSPS) is 10.3. The molecule has 0 saturated heterocycles. The Bertz CT molecular complexity index is 424. The standard InChI is InChI=1S/C12H15N.C2H6/c1-9(2)11-5-4-10-6-7-13(3)12(10)8-11;1-2/h4-9H,1-3H3;1-2H3. The first kappa shape index (κ1) is 11.8. The molecule has 0 radical (unpaired) electrons. The van der Waals surface area contributed by atoms with Crippen molar-refractivity contribution in [2.45, 2.75) is 33.6 Å². The van der Waals surface area contributed by atoms with Crippen molar-refractivity contribution in [1.29, 1.82) is 0 Å². The molecule has 0 aliphatic heterocycles. The average Bonchev–Trinajstić information content (AvgIpc) is 2.63. The molecular weight excluding hydrogens is 182 g/mol. The second kappa shape index (κ2) is 5.01. The van der Waals surface area contributed by atoms with Gasteiger partial charge in [0.1, 0.15) is 0 Å². The van der Waals surface area contributed by atoms with Crippen LogP contribution in [0.25, 0.3) is 10.9 Å². The summed E-state index contributed by atoms with van der Waals surface area (Å²) in [6, 6.07) is 8.84. The van der Waals surface area contributed by atoms with Gasteiger partial charge in [-0.2, -0.15) is 0 Å². The Hall–Kier alpha value is -1.24. The lowest BCUT2D eigenvalue weighted by Gasteiger charge is -2.05. The van der Waals surface area contributed by atoms with Gasteiger partial charge in [0, 0.05) is 18.8 Å². The molecule has 0 bridgehead atoms. The summed E-state index contributed by atoms with van der Waals surface area (Å²) in [5, 5.41) is 1.33. The molecule has 0 spiro atoms. The fraction of sp³-hybridized carbons (Fsp3) is 0.429. The third-order valence-corrected chi connectivity index (χ3v) is 2.58. The molecule has 2 rings (SSSR count). The summed E-state index contributed by atoms with van der Waals surface area (Å²) in [6.07, 6.45) is 2.11. The summed E-state index contributed by atoms with van der Waals surface area (Å²) >= 11 is 0. The Balaban J connectivity index is 0.000000531. The van der Waals surface area contributed by atoms with E-state index in [1.54, 1.807) is 0 Å². The van der Waals surface area contributed by atoms with E-state index in [2.05, 4.69) is 55.9 Å². The molecule has 82 valence electrons. The van der Waals surface area contributed by atoms with Crippen LogP contribution in [0.4, 0.5) is 0 Å². The van der Waals surface area contributed by atoms with Crippen molar-refractivity contribution in [2.24, 2.45) is 7.05 Å². The van der Waals surface area contributed by atoms with Gasteiger partial charge in [0.15, 0.2) is 0 Å². The molecule has 0 fully saturated rings. The minimum Gasteiger partial charge on any atom is -0.351 e. The highest BCUT2D eigenvalue weighted by Gasteiger charge is 2.02. The molecule has 1 aromatic carbocycles. The van der Waals surface area contributed by atoms with E-state index in [0.29, 0.717) is 5.92 Å². The second-order valence-electron chi connectivity index (χ2n) is 3.90. The average molecular weight is 203 g/mol. The molecule has 0 aliphatic carbocycles. The van der Waals surface area contributed by atoms with Crippen LogP contribution in [0.3, 0.4) is 0 Å². The maximum atomic E-state index is 2.28. The minimum atomic E-state index is 0.610. The van der Waals surface area contributed by atoms with Crippen molar-refractivity contribution < 1.29 is 0 Å². The van der Waals surface area contributed by atoms with Crippen molar-refractivity contribution in [3.8, 4) is 0 Å². The largest absolute Gasteiger partial charge is 0.351 e. The maximum absolute atomic E-state index is 2.28. The summed E-state index contributed by atoms with van der Waals surface area (Å²) in [4.78, 5) is 0. The monoisotopic (exact) mass is 203 g/mol. The van der Waals surface area contributed by atoms with Crippen LogP contribution in [-0.4, -0.2) is 4.57 Å². The summed E-state index contributed by atoms with van der Waals surface area (Å²) in [7, 11) is 2.09. The number of hydrogen-bond acceptors (Lipinski definition) is 0. The van der Waals surface area contributed by atoms with Gasteiger partial charge < -0.3 is 4.57 Å². The third kappa shape index (κ3) is 2.41. The van der Waals surface area contributed by atoms with E-state index in [4.69, 9.17) is 0 Å². The third-order valence-electron chi connectivity index (χ3n) is 2.58. The summed E-state index contributed by atoms with van der Waals surface area (Å²) in [5.41, 5.74) is 2.74. The van der Waals surface area contributed by atoms with E-state index in [1.165, 1.54) is 16.5 Å². The van der Waals surface area contributed by atoms with E-state index in [-0.39, 0.29) is 0 Å². The van der Waals surface area contributed by atoms with E-state index in [0.717, 1.165) is 0 Å². The summed E-state index contributed by atoms with van der Waals surface area (Å²) < 4.78 is 2.17. The van der Waals surface area contributed by atoms with Crippen LogP contribution in [0, 0.1) is 0 Å². The van der Waals surface area contributed by atoms with Gasteiger partial charge in [0.2, 0.25) is 0 Å². The van der Waals surface area contributed by atoms with Crippen LogP contribution in [0.15, 0.2) is 30.5 Å². The Morgan fingerprint density at radius 1 is 1.07 bits per heavy atom. The van der Waals surface area contributed by atoms with E-state index in [9.17, 15) is 0 Å². The number of rotatable bonds is 1. The lowest BCUT2D eigenvalue weighted by molar-refractivity contribution is 0.865. The zero-order chi connectivity index (χ0) is 11.4. The van der Waals surface area contributed by atoms with Crippen molar-refractivity contribution in [2.75, 3.05) is 0 Å². The molecule has 0 atom stereocenters. The summed E-state index contributed by atoms with van der Waals surface area (Å²) in [6.45, 7) is 8.45. The van der Waals surface area contributed by atoms with Crippen LogP contribution < -0.4 is 0 Å². The molecular formula is C14H21N. The molecule has 2 aromatic rings.